The molecule has 3 N–H and O–H groups in total. The first kappa shape index (κ1) is 12.3. The minimum Gasteiger partial charge on any atom is -0.481 e. The van der Waals surface area contributed by atoms with E-state index in [1.165, 1.54) is 0 Å². The second-order valence-corrected chi connectivity index (χ2v) is 4.11. The van der Waals surface area contributed by atoms with Gasteiger partial charge in [-0.05, 0) is 16.7 Å². The van der Waals surface area contributed by atoms with Gasteiger partial charge in [-0.2, -0.15) is 0 Å². The first-order valence-electron chi connectivity index (χ1n) is 5.80. The lowest BCUT2D eigenvalue weighted by Crippen LogP contribution is -2.20. The lowest BCUT2D eigenvalue weighted by molar-refractivity contribution is -0.138. The van der Waals surface area contributed by atoms with E-state index in [4.69, 9.17) is 10.8 Å². The van der Waals surface area contributed by atoms with E-state index >= 15 is 0 Å². The molecule has 2 aromatic rings. The maximum absolute atomic E-state index is 11.0. The molecule has 0 saturated heterocycles. The zero-order valence-electron chi connectivity index (χ0n) is 9.91. The van der Waals surface area contributed by atoms with Crippen LogP contribution in [0, 0.1) is 0 Å². The van der Waals surface area contributed by atoms with E-state index in [9.17, 15) is 4.79 Å². The Bertz CT molecular complexity index is 520. The van der Waals surface area contributed by atoms with Crippen LogP contribution in [-0.4, -0.2) is 17.6 Å². The fourth-order valence-corrected chi connectivity index (χ4v) is 1.92. The van der Waals surface area contributed by atoms with Crippen molar-refractivity contribution in [3.63, 3.8) is 0 Å². The largest absolute Gasteiger partial charge is 0.481 e. The number of carboxylic acid groups (broad SMARTS) is 1. The molecule has 0 fully saturated rings. The molecule has 18 heavy (non-hydrogen) atoms. The number of aliphatic carboxylic acids is 1. The fraction of sp³-hybridized carbons (Fsp3) is 0.133. The first-order valence-corrected chi connectivity index (χ1v) is 5.80. The van der Waals surface area contributed by atoms with Gasteiger partial charge in [-0.1, -0.05) is 54.6 Å². The van der Waals surface area contributed by atoms with Gasteiger partial charge >= 0.3 is 5.97 Å². The van der Waals surface area contributed by atoms with Crippen LogP contribution in [0.3, 0.4) is 0 Å². The molecule has 3 nitrogen and oxygen atoms in total. The smallest absolute Gasteiger partial charge is 0.312 e. The second-order valence-electron chi connectivity index (χ2n) is 4.11. The van der Waals surface area contributed by atoms with Gasteiger partial charge in [0.1, 0.15) is 0 Å². The van der Waals surface area contributed by atoms with Crippen molar-refractivity contribution in [3.05, 3.63) is 60.2 Å². The van der Waals surface area contributed by atoms with E-state index < -0.39 is 11.9 Å². The molecule has 0 aliphatic rings. The number of rotatable bonds is 4. The van der Waals surface area contributed by atoms with E-state index in [2.05, 4.69) is 0 Å². The van der Waals surface area contributed by atoms with E-state index in [1.54, 1.807) is 0 Å². The molecule has 1 atom stereocenters. The van der Waals surface area contributed by atoms with Gasteiger partial charge < -0.3 is 10.8 Å². The van der Waals surface area contributed by atoms with Crippen molar-refractivity contribution in [2.45, 2.75) is 5.92 Å². The summed E-state index contributed by atoms with van der Waals surface area (Å²) in [6.45, 7) is 0.111. The lowest BCUT2D eigenvalue weighted by Gasteiger charge is -2.10. The van der Waals surface area contributed by atoms with E-state index in [1.807, 2.05) is 54.6 Å². The highest BCUT2D eigenvalue weighted by molar-refractivity contribution is 5.77. The summed E-state index contributed by atoms with van der Waals surface area (Å²) in [5.41, 5.74) is 8.40. The van der Waals surface area contributed by atoms with Gasteiger partial charge in [-0.15, -0.1) is 0 Å². The Hall–Kier alpha value is -2.13. The fourth-order valence-electron chi connectivity index (χ4n) is 1.92. The van der Waals surface area contributed by atoms with Gasteiger partial charge in [0, 0.05) is 6.54 Å². The second kappa shape index (κ2) is 5.47. The van der Waals surface area contributed by atoms with Crippen LogP contribution in [0.2, 0.25) is 0 Å². The summed E-state index contributed by atoms with van der Waals surface area (Å²) in [4.78, 5) is 11.0. The Morgan fingerprint density at radius 3 is 2.06 bits per heavy atom. The molecule has 0 aliphatic carbocycles. The zero-order chi connectivity index (χ0) is 13.0. The molecule has 3 heteroatoms. The van der Waals surface area contributed by atoms with Crippen LogP contribution in [0.25, 0.3) is 11.1 Å². The SMILES string of the molecule is NCC(C(=O)O)c1ccc(-c2ccccc2)cc1. The van der Waals surface area contributed by atoms with Gasteiger partial charge in [0.2, 0.25) is 0 Å². The van der Waals surface area contributed by atoms with Crippen LogP contribution in [0.4, 0.5) is 0 Å². The Morgan fingerprint density at radius 2 is 1.56 bits per heavy atom. The van der Waals surface area contributed by atoms with E-state index in [0.717, 1.165) is 16.7 Å². The maximum atomic E-state index is 11.0. The quantitative estimate of drug-likeness (QED) is 0.864. The third-order valence-corrected chi connectivity index (χ3v) is 2.95. The number of nitrogens with two attached hydrogens (primary N) is 1. The Kier molecular flexibility index (Phi) is 3.75. The predicted molar refractivity (Wildman–Crippen MR) is 71.3 cm³/mol. The zero-order valence-corrected chi connectivity index (χ0v) is 9.91. The normalized spacial score (nSPS) is 12.1. The lowest BCUT2D eigenvalue weighted by atomic mass is 9.96. The molecule has 0 amide bonds. The molecule has 2 rings (SSSR count). The molecule has 0 bridgehead atoms. The molecule has 0 heterocycles. The molecular weight excluding hydrogens is 226 g/mol. The van der Waals surface area contributed by atoms with Gasteiger partial charge in [-0.3, -0.25) is 4.79 Å². The summed E-state index contributed by atoms with van der Waals surface area (Å²) >= 11 is 0. The molecule has 92 valence electrons. The Balaban J connectivity index is 2.28. The summed E-state index contributed by atoms with van der Waals surface area (Å²) in [7, 11) is 0. The van der Waals surface area contributed by atoms with Crippen LogP contribution in [0.5, 0.6) is 0 Å². The van der Waals surface area contributed by atoms with Gasteiger partial charge in [0.15, 0.2) is 0 Å². The molecule has 1 unspecified atom stereocenters. The van der Waals surface area contributed by atoms with E-state index in [-0.39, 0.29) is 6.54 Å². The summed E-state index contributed by atoms with van der Waals surface area (Å²) in [5.74, 6) is -1.51. The minimum absolute atomic E-state index is 0.111. The van der Waals surface area contributed by atoms with Crippen molar-refractivity contribution >= 4 is 5.97 Å². The summed E-state index contributed by atoms with van der Waals surface area (Å²) in [6.07, 6.45) is 0. The Labute approximate surface area is 106 Å². The van der Waals surface area contributed by atoms with Crippen LogP contribution in [-0.2, 0) is 4.79 Å². The van der Waals surface area contributed by atoms with Crippen molar-refractivity contribution in [3.8, 4) is 11.1 Å². The van der Waals surface area contributed by atoms with Crippen molar-refractivity contribution in [2.75, 3.05) is 6.54 Å². The summed E-state index contributed by atoms with van der Waals surface area (Å²) in [6, 6.07) is 17.5. The molecule has 0 spiro atoms. The molecule has 0 saturated carbocycles. The van der Waals surface area contributed by atoms with Crippen LogP contribution in [0.1, 0.15) is 11.5 Å². The van der Waals surface area contributed by atoms with Crippen molar-refractivity contribution in [1.82, 2.24) is 0 Å². The Morgan fingerprint density at radius 1 is 1.00 bits per heavy atom. The maximum Gasteiger partial charge on any atom is 0.312 e. The number of hydrogen-bond acceptors (Lipinski definition) is 2. The summed E-state index contributed by atoms with van der Waals surface area (Å²) < 4.78 is 0. The summed E-state index contributed by atoms with van der Waals surface area (Å²) in [5, 5.41) is 9.03. The number of carbonyl (C=O) groups is 1. The number of benzene rings is 2. The average Bonchev–Trinajstić information content (AvgIpc) is 2.41. The predicted octanol–water partition coefficient (Wildman–Crippen LogP) is 2.48. The highest BCUT2D eigenvalue weighted by Gasteiger charge is 2.17. The third kappa shape index (κ3) is 2.57. The molecular formula is C15H15NO2. The van der Waals surface area contributed by atoms with Crippen LogP contribution in [0.15, 0.2) is 54.6 Å². The molecule has 0 aromatic heterocycles. The number of carboxylic acids is 1. The van der Waals surface area contributed by atoms with Crippen LogP contribution >= 0.6 is 0 Å². The average molecular weight is 241 g/mol. The first-order chi connectivity index (χ1) is 8.72. The van der Waals surface area contributed by atoms with Crippen LogP contribution < -0.4 is 5.73 Å². The molecule has 0 aliphatic heterocycles. The van der Waals surface area contributed by atoms with Gasteiger partial charge in [-0.25, -0.2) is 0 Å². The highest BCUT2D eigenvalue weighted by Crippen LogP contribution is 2.22. The highest BCUT2D eigenvalue weighted by atomic mass is 16.4. The van der Waals surface area contributed by atoms with E-state index in [0.29, 0.717) is 0 Å². The van der Waals surface area contributed by atoms with Crippen molar-refractivity contribution in [2.24, 2.45) is 5.73 Å². The monoisotopic (exact) mass is 241 g/mol. The van der Waals surface area contributed by atoms with Crippen molar-refractivity contribution in [1.29, 1.82) is 0 Å². The van der Waals surface area contributed by atoms with Gasteiger partial charge in [0.05, 0.1) is 5.92 Å². The standard InChI is InChI=1S/C15H15NO2/c16-10-14(15(17)18)13-8-6-12(7-9-13)11-4-2-1-3-5-11/h1-9,14H,10,16H2,(H,17,18). The number of hydrogen-bond donors (Lipinski definition) is 2. The third-order valence-electron chi connectivity index (χ3n) is 2.95. The molecule has 0 radical (unpaired) electrons. The van der Waals surface area contributed by atoms with Crippen molar-refractivity contribution < 1.29 is 9.90 Å². The minimum atomic E-state index is -0.884. The van der Waals surface area contributed by atoms with Gasteiger partial charge in [0.25, 0.3) is 0 Å². The molecule has 2 aromatic carbocycles. The topological polar surface area (TPSA) is 63.3 Å².